The van der Waals surface area contributed by atoms with Gasteiger partial charge < -0.3 is 20.5 Å². The van der Waals surface area contributed by atoms with Crippen molar-refractivity contribution in [1.82, 2.24) is 0 Å². The molecule has 2 heterocycles. The van der Waals surface area contributed by atoms with E-state index in [9.17, 15) is 9.90 Å². The first-order chi connectivity index (χ1) is 8.93. The summed E-state index contributed by atoms with van der Waals surface area (Å²) in [6.45, 7) is 3.52. The zero-order chi connectivity index (χ0) is 14.0. The van der Waals surface area contributed by atoms with E-state index < -0.39 is 11.6 Å². The maximum Gasteiger partial charge on any atom is 0.350 e. The molecule has 1 aliphatic heterocycles. The molecule has 1 saturated heterocycles. The van der Waals surface area contributed by atoms with Crippen LogP contribution in [0.1, 0.15) is 35.9 Å². The van der Waals surface area contributed by atoms with E-state index in [0.717, 1.165) is 37.4 Å². The maximum absolute atomic E-state index is 11.6. The zero-order valence-electron chi connectivity index (χ0n) is 11.3. The maximum atomic E-state index is 11.6. The van der Waals surface area contributed by atoms with Crippen LogP contribution in [0.3, 0.4) is 0 Å². The van der Waals surface area contributed by atoms with Gasteiger partial charge in [-0.05, 0) is 32.3 Å². The van der Waals surface area contributed by atoms with Gasteiger partial charge in [-0.25, -0.2) is 4.79 Å². The van der Waals surface area contributed by atoms with Crippen molar-refractivity contribution >= 4 is 28.0 Å². The highest BCUT2D eigenvalue weighted by Gasteiger charge is 2.26. The lowest BCUT2D eigenvalue weighted by molar-refractivity contribution is 0.0481. The monoisotopic (exact) mass is 284 g/mol. The van der Waals surface area contributed by atoms with Crippen LogP contribution in [0.5, 0.6) is 0 Å². The lowest BCUT2D eigenvalue weighted by Gasteiger charge is -2.22. The molecule has 0 amide bonds. The SMILES string of the molecule is COC(=O)c1sc(N2CCCC(C)(O)CC2)cc1N. The van der Waals surface area contributed by atoms with Crippen molar-refractivity contribution in [2.45, 2.75) is 31.8 Å². The number of ether oxygens (including phenoxy) is 1. The van der Waals surface area contributed by atoms with Crippen LogP contribution in [0.2, 0.25) is 0 Å². The van der Waals surface area contributed by atoms with E-state index in [1.54, 1.807) is 0 Å². The van der Waals surface area contributed by atoms with Crippen LogP contribution in [0, 0.1) is 0 Å². The number of nitrogens with two attached hydrogens (primary N) is 1. The quantitative estimate of drug-likeness (QED) is 0.811. The number of hydrogen-bond acceptors (Lipinski definition) is 6. The molecule has 6 heteroatoms. The van der Waals surface area contributed by atoms with E-state index in [1.165, 1.54) is 18.4 Å². The summed E-state index contributed by atoms with van der Waals surface area (Å²) >= 11 is 1.35. The second-order valence-corrected chi connectivity index (χ2v) is 6.23. The first-order valence-electron chi connectivity index (χ1n) is 6.38. The van der Waals surface area contributed by atoms with Crippen molar-refractivity contribution in [2.24, 2.45) is 0 Å². The van der Waals surface area contributed by atoms with Crippen LogP contribution >= 0.6 is 11.3 Å². The minimum Gasteiger partial charge on any atom is -0.465 e. The number of thiophene rings is 1. The summed E-state index contributed by atoms with van der Waals surface area (Å²) in [6.07, 6.45) is 2.45. The smallest absolute Gasteiger partial charge is 0.350 e. The Labute approximate surface area is 117 Å². The van der Waals surface area contributed by atoms with E-state index in [-0.39, 0.29) is 0 Å². The molecule has 1 aromatic heterocycles. The summed E-state index contributed by atoms with van der Waals surface area (Å²) in [5.74, 6) is -0.393. The summed E-state index contributed by atoms with van der Waals surface area (Å²) in [5.41, 5.74) is 5.72. The van der Waals surface area contributed by atoms with Crippen LogP contribution in [-0.4, -0.2) is 36.9 Å². The second kappa shape index (κ2) is 5.38. The standard InChI is InChI=1S/C13H20N2O3S/c1-13(17)4-3-6-15(7-5-13)10-8-9(14)11(19-10)12(16)18-2/h8,17H,3-7,14H2,1-2H3. The van der Waals surface area contributed by atoms with Gasteiger partial charge in [0.05, 0.1) is 23.4 Å². The fourth-order valence-electron chi connectivity index (χ4n) is 2.28. The Balaban J connectivity index is 2.16. The average molecular weight is 284 g/mol. The van der Waals surface area contributed by atoms with Gasteiger partial charge in [0, 0.05) is 13.1 Å². The molecular weight excluding hydrogens is 264 g/mol. The Bertz CT molecular complexity index is 470. The van der Waals surface area contributed by atoms with Crippen molar-refractivity contribution in [1.29, 1.82) is 0 Å². The summed E-state index contributed by atoms with van der Waals surface area (Å²) in [6, 6.07) is 1.82. The number of nitrogen functional groups attached to an aromatic ring is 1. The fraction of sp³-hybridized carbons (Fsp3) is 0.615. The number of hydrogen-bond donors (Lipinski definition) is 2. The fourth-order valence-corrected chi connectivity index (χ4v) is 3.33. The van der Waals surface area contributed by atoms with Gasteiger partial charge in [-0.2, -0.15) is 0 Å². The summed E-state index contributed by atoms with van der Waals surface area (Å²) in [7, 11) is 1.35. The minimum atomic E-state index is -0.595. The predicted octanol–water partition coefficient (Wildman–Crippen LogP) is 1.86. The van der Waals surface area contributed by atoms with Gasteiger partial charge >= 0.3 is 5.97 Å². The average Bonchev–Trinajstić information content (AvgIpc) is 2.64. The third-order valence-corrected chi connectivity index (χ3v) is 4.69. The van der Waals surface area contributed by atoms with Crippen molar-refractivity contribution in [3.8, 4) is 0 Å². The van der Waals surface area contributed by atoms with E-state index >= 15 is 0 Å². The molecule has 1 fully saturated rings. The Morgan fingerprint density at radius 3 is 2.95 bits per heavy atom. The van der Waals surface area contributed by atoms with E-state index in [2.05, 4.69) is 4.90 Å². The summed E-state index contributed by atoms with van der Waals surface area (Å²) in [5, 5.41) is 11.1. The van der Waals surface area contributed by atoms with E-state index in [1.807, 2.05) is 13.0 Å². The number of rotatable bonds is 2. The molecule has 19 heavy (non-hydrogen) atoms. The Hall–Kier alpha value is -1.27. The number of carbonyl (C=O) groups is 1. The molecule has 5 nitrogen and oxygen atoms in total. The molecule has 106 valence electrons. The highest BCUT2D eigenvalue weighted by Crippen LogP contribution is 2.34. The van der Waals surface area contributed by atoms with E-state index in [0.29, 0.717) is 10.6 Å². The molecule has 1 unspecified atom stereocenters. The van der Waals surface area contributed by atoms with Crippen LogP contribution in [0.15, 0.2) is 6.07 Å². The van der Waals surface area contributed by atoms with Gasteiger partial charge in [0.2, 0.25) is 0 Å². The zero-order valence-corrected chi connectivity index (χ0v) is 12.1. The number of methoxy groups -OCH3 is 1. The molecular formula is C13H20N2O3S. The van der Waals surface area contributed by atoms with Gasteiger partial charge in [0.1, 0.15) is 4.88 Å². The predicted molar refractivity (Wildman–Crippen MR) is 76.8 cm³/mol. The Morgan fingerprint density at radius 1 is 1.53 bits per heavy atom. The number of anilines is 2. The molecule has 3 N–H and O–H groups in total. The van der Waals surface area contributed by atoms with Crippen LogP contribution in [0.4, 0.5) is 10.7 Å². The highest BCUT2D eigenvalue weighted by atomic mass is 32.1. The number of carbonyl (C=O) groups excluding carboxylic acids is 1. The molecule has 1 atom stereocenters. The van der Waals surface area contributed by atoms with Crippen LogP contribution < -0.4 is 10.6 Å². The molecule has 1 aliphatic rings. The van der Waals surface area contributed by atoms with E-state index in [4.69, 9.17) is 10.5 Å². The molecule has 0 aromatic carbocycles. The molecule has 2 rings (SSSR count). The molecule has 0 saturated carbocycles. The highest BCUT2D eigenvalue weighted by molar-refractivity contribution is 7.18. The lowest BCUT2D eigenvalue weighted by Crippen LogP contribution is -2.27. The third kappa shape index (κ3) is 3.19. The molecule has 0 aliphatic carbocycles. The number of nitrogens with zero attached hydrogens (tertiary/aromatic N) is 1. The Kier molecular flexibility index (Phi) is 4.01. The molecule has 1 aromatic rings. The molecule has 0 radical (unpaired) electrons. The topological polar surface area (TPSA) is 75.8 Å². The number of esters is 1. The number of aliphatic hydroxyl groups is 1. The van der Waals surface area contributed by atoms with Crippen molar-refractivity contribution in [2.75, 3.05) is 30.8 Å². The van der Waals surface area contributed by atoms with Gasteiger partial charge in [0.25, 0.3) is 0 Å². The Morgan fingerprint density at radius 2 is 2.26 bits per heavy atom. The van der Waals surface area contributed by atoms with Crippen LogP contribution in [0.25, 0.3) is 0 Å². The van der Waals surface area contributed by atoms with Gasteiger partial charge in [-0.1, -0.05) is 0 Å². The summed E-state index contributed by atoms with van der Waals surface area (Å²) in [4.78, 5) is 14.2. The van der Waals surface area contributed by atoms with Gasteiger partial charge in [0.15, 0.2) is 0 Å². The van der Waals surface area contributed by atoms with Crippen LogP contribution in [-0.2, 0) is 4.74 Å². The third-order valence-electron chi connectivity index (χ3n) is 3.49. The molecule has 0 spiro atoms. The summed E-state index contributed by atoms with van der Waals surface area (Å²) < 4.78 is 4.71. The van der Waals surface area contributed by atoms with Crippen molar-refractivity contribution in [3.63, 3.8) is 0 Å². The lowest BCUT2D eigenvalue weighted by atomic mass is 9.98. The molecule has 0 bridgehead atoms. The second-order valence-electron chi connectivity index (χ2n) is 5.20. The largest absolute Gasteiger partial charge is 0.465 e. The van der Waals surface area contributed by atoms with Crippen molar-refractivity contribution < 1.29 is 14.6 Å². The first kappa shape index (κ1) is 14.1. The minimum absolute atomic E-state index is 0.393. The normalized spacial score (nSPS) is 24.1. The first-order valence-corrected chi connectivity index (χ1v) is 7.19. The van der Waals surface area contributed by atoms with Gasteiger partial charge in [-0.15, -0.1) is 11.3 Å². The van der Waals surface area contributed by atoms with Crippen molar-refractivity contribution in [3.05, 3.63) is 10.9 Å². The van der Waals surface area contributed by atoms with Gasteiger partial charge in [-0.3, -0.25) is 0 Å².